The van der Waals surface area contributed by atoms with Crippen molar-refractivity contribution in [1.29, 1.82) is 0 Å². The predicted octanol–water partition coefficient (Wildman–Crippen LogP) is 1.19. The summed E-state index contributed by atoms with van der Waals surface area (Å²) in [6.07, 6.45) is 0. The van der Waals surface area contributed by atoms with Crippen LogP contribution in [-0.2, 0) is 4.79 Å². The van der Waals surface area contributed by atoms with E-state index in [9.17, 15) is 9.59 Å². The van der Waals surface area contributed by atoms with E-state index in [4.69, 9.17) is 16.7 Å². The molecule has 1 saturated heterocycles. The molecule has 1 rings (SSSR count). The molecule has 1 fully saturated rings. The van der Waals surface area contributed by atoms with Crippen molar-refractivity contribution in [2.24, 2.45) is 0 Å². The van der Waals surface area contributed by atoms with E-state index >= 15 is 0 Å². The summed E-state index contributed by atoms with van der Waals surface area (Å²) in [7, 11) is 0. The average molecular weight is 210 g/mol. The number of hydrogen-bond acceptors (Lipinski definition) is 3. The monoisotopic (exact) mass is 209 g/mol. The van der Waals surface area contributed by atoms with E-state index in [1.54, 1.807) is 0 Å². The van der Waals surface area contributed by atoms with Gasteiger partial charge in [-0.3, -0.25) is 4.79 Å². The van der Waals surface area contributed by atoms with Gasteiger partial charge in [0, 0.05) is 12.3 Å². The van der Waals surface area contributed by atoms with Crippen LogP contribution in [0.1, 0.15) is 6.92 Å². The molecule has 0 aromatic heterocycles. The van der Waals surface area contributed by atoms with E-state index in [0.29, 0.717) is 12.3 Å². The summed E-state index contributed by atoms with van der Waals surface area (Å²) in [4.78, 5) is 21.5. The molecule has 0 spiro atoms. The summed E-state index contributed by atoms with van der Waals surface area (Å²) in [5, 5.41) is 8.11. The number of rotatable bonds is 1. The quantitative estimate of drug-likeness (QED) is 0.521. The van der Waals surface area contributed by atoms with Crippen LogP contribution < -0.4 is 0 Å². The van der Waals surface area contributed by atoms with Gasteiger partial charge in [-0.15, -0.1) is 11.8 Å². The first kappa shape index (κ1) is 9.67. The van der Waals surface area contributed by atoms with E-state index < -0.39 is 16.2 Å². The number of carbonyl (C=O) groups excluding carboxylic acids is 1. The van der Waals surface area contributed by atoms with Gasteiger partial charge >= 0.3 is 11.3 Å². The molecule has 1 heterocycles. The zero-order valence-corrected chi connectivity index (χ0v) is 7.98. The number of nitrogens with zero attached hydrogens (tertiary/aromatic N) is 1. The van der Waals surface area contributed by atoms with Gasteiger partial charge in [-0.05, 0) is 18.5 Å². The molecular weight excluding hydrogens is 202 g/mol. The molecule has 6 heteroatoms. The summed E-state index contributed by atoms with van der Waals surface area (Å²) in [5.41, 5.74) is 0. The summed E-state index contributed by atoms with van der Waals surface area (Å²) in [5.74, 6) is -0.416. The van der Waals surface area contributed by atoms with Crippen LogP contribution in [0.15, 0.2) is 0 Å². The Balaban J connectivity index is 2.89. The van der Waals surface area contributed by atoms with Gasteiger partial charge in [0.1, 0.15) is 0 Å². The third-order valence-corrected chi connectivity index (χ3v) is 3.37. The van der Waals surface area contributed by atoms with Crippen molar-refractivity contribution in [3.63, 3.8) is 0 Å². The summed E-state index contributed by atoms with van der Waals surface area (Å²) >= 11 is 6.43. The molecule has 1 N–H and O–H groups in total. The van der Waals surface area contributed by atoms with E-state index in [0.717, 1.165) is 4.90 Å². The molecule has 0 aliphatic carbocycles. The van der Waals surface area contributed by atoms with Crippen LogP contribution in [-0.4, -0.2) is 38.5 Å². The minimum absolute atomic E-state index is 0.399. The maximum absolute atomic E-state index is 10.8. The molecule has 1 aliphatic rings. The number of amides is 1. The van der Waals surface area contributed by atoms with Crippen LogP contribution in [0, 0.1) is 0 Å². The third kappa shape index (κ3) is 1.38. The van der Waals surface area contributed by atoms with Gasteiger partial charge in [-0.25, -0.2) is 4.79 Å². The first-order valence-corrected chi connectivity index (χ1v) is 4.69. The molecule has 12 heavy (non-hydrogen) atoms. The summed E-state index contributed by atoms with van der Waals surface area (Å²) in [6.45, 7) is 1.88. The number of carboxylic acid groups (broad SMARTS) is 1. The Morgan fingerprint density at radius 1 is 1.67 bits per heavy atom. The van der Waals surface area contributed by atoms with E-state index in [2.05, 4.69) is 0 Å². The van der Waals surface area contributed by atoms with Gasteiger partial charge in [0.15, 0.2) is 4.87 Å². The van der Waals surface area contributed by atoms with Crippen LogP contribution in [0.4, 0.5) is 4.79 Å². The highest BCUT2D eigenvalue weighted by atomic mass is 35.5. The lowest BCUT2D eigenvalue weighted by atomic mass is 10.3. The minimum atomic E-state index is -1.18. The lowest BCUT2D eigenvalue weighted by Gasteiger charge is -2.27. The molecular formula is C6H8ClNO3S. The van der Waals surface area contributed by atoms with E-state index in [1.807, 2.05) is 0 Å². The second-order valence-electron chi connectivity index (χ2n) is 2.54. The predicted molar refractivity (Wildman–Crippen MR) is 46.5 cm³/mol. The Morgan fingerprint density at radius 3 is 2.58 bits per heavy atom. The largest absolute Gasteiger partial charge is 0.479 e. The van der Waals surface area contributed by atoms with Gasteiger partial charge < -0.3 is 10.0 Å². The van der Waals surface area contributed by atoms with Gasteiger partial charge in [-0.2, -0.15) is 0 Å². The maximum Gasteiger partial charge on any atom is 0.340 e. The van der Waals surface area contributed by atoms with Crippen LogP contribution in [0.5, 0.6) is 0 Å². The van der Waals surface area contributed by atoms with Crippen LogP contribution in [0.25, 0.3) is 0 Å². The lowest BCUT2D eigenvalue weighted by Crippen LogP contribution is -2.47. The highest BCUT2D eigenvalue weighted by Gasteiger charge is 2.46. The molecule has 0 aromatic carbocycles. The fourth-order valence-electron chi connectivity index (χ4n) is 1.06. The van der Waals surface area contributed by atoms with Crippen molar-refractivity contribution in [2.75, 3.05) is 12.3 Å². The smallest absolute Gasteiger partial charge is 0.340 e. The average Bonchev–Trinajstić information content (AvgIpc) is 2.32. The van der Waals surface area contributed by atoms with Crippen molar-refractivity contribution in [3.05, 3.63) is 0 Å². The number of aliphatic carboxylic acids is 1. The molecule has 4 nitrogen and oxygen atoms in total. The Kier molecular flexibility index (Phi) is 2.53. The second-order valence-corrected chi connectivity index (χ2v) is 4.36. The van der Waals surface area contributed by atoms with Crippen LogP contribution in [0.3, 0.4) is 0 Å². The number of halogens is 1. The van der Waals surface area contributed by atoms with Gasteiger partial charge in [0.05, 0.1) is 0 Å². The highest BCUT2D eigenvalue weighted by molar-refractivity contribution is 8.01. The van der Waals surface area contributed by atoms with Gasteiger partial charge in [-0.1, -0.05) is 0 Å². The number of hydrogen-bond donors (Lipinski definition) is 1. The SMILES string of the molecule is CC1(C(=O)O)SCCN1C(=O)Cl. The topological polar surface area (TPSA) is 57.6 Å². The molecule has 0 saturated carbocycles. The molecule has 1 amide bonds. The Hall–Kier alpha value is -0.420. The molecule has 68 valence electrons. The fraction of sp³-hybridized carbons (Fsp3) is 0.667. The Labute approximate surface area is 78.9 Å². The summed E-state index contributed by atoms with van der Waals surface area (Å²) in [6, 6.07) is 0. The van der Waals surface area contributed by atoms with Gasteiger partial charge in [0.2, 0.25) is 0 Å². The Morgan fingerprint density at radius 2 is 2.25 bits per heavy atom. The summed E-state index contributed by atoms with van der Waals surface area (Å²) < 4.78 is 0. The number of thioether (sulfide) groups is 1. The van der Waals surface area contributed by atoms with Gasteiger partial charge in [0.25, 0.3) is 0 Å². The van der Waals surface area contributed by atoms with E-state index in [1.165, 1.54) is 18.7 Å². The molecule has 0 radical (unpaired) electrons. The second kappa shape index (κ2) is 3.14. The first-order chi connectivity index (χ1) is 5.48. The first-order valence-electron chi connectivity index (χ1n) is 3.33. The molecule has 0 bridgehead atoms. The lowest BCUT2D eigenvalue weighted by molar-refractivity contribution is -0.142. The van der Waals surface area contributed by atoms with Crippen molar-refractivity contribution in [1.82, 2.24) is 4.90 Å². The molecule has 1 atom stereocenters. The van der Waals surface area contributed by atoms with Crippen LogP contribution >= 0.6 is 23.4 Å². The molecule has 0 aromatic rings. The van der Waals surface area contributed by atoms with Crippen molar-refractivity contribution < 1.29 is 14.7 Å². The normalized spacial score (nSPS) is 29.0. The Bertz CT molecular complexity index is 235. The third-order valence-electron chi connectivity index (χ3n) is 1.82. The minimum Gasteiger partial charge on any atom is -0.479 e. The maximum atomic E-state index is 10.8. The van der Waals surface area contributed by atoms with Crippen molar-refractivity contribution in [3.8, 4) is 0 Å². The zero-order chi connectivity index (χ0) is 9.35. The van der Waals surface area contributed by atoms with Crippen molar-refractivity contribution in [2.45, 2.75) is 11.8 Å². The van der Waals surface area contributed by atoms with Crippen LogP contribution in [0.2, 0.25) is 0 Å². The number of carbonyl (C=O) groups is 2. The zero-order valence-electron chi connectivity index (χ0n) is 6.41. The van der Waals surface area contributed by atoms with E-state index in [-0.39, 0.29) is 0 Å². The molecule has 1 aliphatic heterocycles. The highest BCUT2D eigenvalue weighted by Crippen LogP contribution is 2.36. The standard InChI is InChI=1S/C6H8ClNO3S/c1-6(4(9)10)8(5(7)11)2-3-12-6/h2-3H2,1H3,(H,9,10). The fourth-order valence-corrected chi connectivity index (χ4v) is 2.49. The number of carboxylic acids is 1. The molecule has 1 unspecified atom stereocenters. The van der Waals surface area contributed by atoms with Crippen molar-refractivity contribution >= 4 is 34.7 Å².